The molecule has 0 spiro atoms. The van der Waals surface area contributed by atoms with E-state index < -0.39 is 56.4 Å². The molecule has 2 aliphatic rings. The molecule has 2 fully saturated rings. The van der Waals surface area contributed by atoms with E-state index in [2.05, 4.69) is 0 Å². The monoisotopic (exact) mass is 344 g/mol. The van der Waals surface area contributed by atoms with Crippen molar-refractivity contribution in [2.45, 2.75) is 47.6 Å². The Morgan fingerprint density at radius 3 is 1.35 bits per heavy atom. The van der Waals surface area contributed by atoms with Crippen LogP contribution >= 0.6 is 11.6 Å². The van der Waals surface area contributed by atoms with Gasteiger partial charge < -0.3 is 0 Å². The lowest BCUT2D eigenvalue weighted by molar-refractivity contribution is -0.286. The largest absolute Gasteiger partial charge is 0.310 e. The predicted molar refractivity (Wildman–Crippen MR) is 58.7 cm³/mol. The zero-order chi connectivity index (χ0) is 15.6. The highest BCUT2D eigenvalue weighted by molar-refractivity contribution is 6.69. The van der Waals surface area contributed by atoms with Crippen LogP contribution in [-0.4, -0.2) is 32.5 Å². The molecule has 0 bridgehead atoms. The molecule has 0 aromatic rings. The molecule has 116 valence electrons. The van der Waals surface area contributed by atoms with Gasteiger partial charge in [-0.1, -0.05) is 17.3 Å². The maximum atomic E-state index is 13.3. The van der Waals surface area contributed by atoms with Gasteiger partial charge in [-0.2, -0.15) is 35.1 Å². The fourth-order valence-electron chi connectivity index (χ4n) is 2.75. The normalized spacial score (nSPS) is 38.0. The molecular weight excluding hydrogens is 336 g/mol. The summed E-state index contributed by atoms with van der Waals surface area (Å²) in [6.07, 6.45) is -2.54. The number of hydrogen-bond donors (Lipinski definition) is 0. The Morgan fingerprint density at radius 1 is 0.800 bits per heavy atom. The molecule has 2 atom stereocenters. The third kappa shape index (κ3) is 1.92. The Bertz CT molecular complexity index is 401. The number of halogens is 9. The second-order valence-corrected chi connectivity index (χ2v) is 8.57. The maximum absolute atomic E-state index is 13.3. The highest BCUT2D eigenvalue weighted by atomic mass is 35.5. The SMILES string of the molecule is FC1(F)CC([SiH](C=CCl)C2CC(F)(F)C2(F)F)C1(F)F. The highest BCUT2D eigenvalue weighted by Crippen LogP contribution is 2.67. The lowest BCUT2D eigenvalue weighted by Gasteiger charge is -2.53. The molecule has 0 aromatic heterocycles. The van der Waals surface area contributed by atoms with Gasteiger partial charge in [0.1, 0.15) is 0 Å². The summed E-state index contributed by atoms with van der Waals surface area (Å²) >= 11 is 5.16. The predicted octanol–water partition coefficient (Wildman–Crippen LogP) is 4.59. The van der Waals surface area contributed by atoms with Crippen LogP contribution in [-0.2, 0) is 0 Å². The van der Waals surface area contributed by atoms with Gasteiger partial charge in [0.15, 0.2) is 0 Å². The summed E-state index contributed by atoms with van der Waals surface area (Å²) in [6, 6.07) is 0. The first kappa shape index (κ1) is 16.1. The Kier molecular flexibility index (Phi) is 3.49. The van der Waals surface area contributed by atoms with Gasteiger partial charge in [-0.3, -0.25) is 0 Å². The van der Waals surface area contributed by atoms with E-state index >= 15 is 0 Å². The van der Waals surface area contributed by atoms with E-state index in [-0.39, 0.29) is 0 Å². The van der Waals surface area contributed by atoms with Crippen molar-refractivity contribution >= 4 is 20.4 Å². The van der Waals surface area contributed by atoms with Crippen molar-refractivity contribution in [1.29, 1.82) is 0 Å². The summed E-state index contributed by atoms with van der Waals surface area (Å²) in [5.74, 6) is -17.4. The van der Waals surface area contributed by atoms with Crippen LogP contribution in [0.2, 0.25) is 11.1 Å². The Balaban J connectivity index is 2.24. The van der Waals surface area contributed by atoms with Gasteiger partial charge in [0.2, 0.25) is 0 Å². The quantitative estimate of drug-likeness (QED) is 0.519. The van der Waals surface area contributed by atoms with Gasteiger partial charge in [0.05, 0.1) is 8.80 Å². The third-order valence-electron chi connectivity index (χ3n) is 4.08. The minimum atomic E-state index is -4.44. The van der Waals surface area contributed by atoms with Crippen LogP contribution in [0, 0.1) is 0 Å². The van der Waals surface area contributed by atoms with Gasteiger partial charge in [0.25, 0.3) is 0 Å². The third-order valence-corrected chi connectivity index (χ3v) is 8.28. The molecule has 0 nitrogen and oxygen atoms in total. The molecule has 0 heterocycles. The maximum Gasteiger partial charge on any atom is 0.310 e. The molecule has 10 heteroatoms. The molecule has 2 unspecified atom stereocenters. The smallest absolute Gasteiger partial charge is 0.200 e. The summed E-state index contributed by atoms with van der Waals surface area (Å²) in [6.45, 7) is 0. The van der Waals surface area contributed by atoms with Gasteiger partial charge in [-0.15, -0.1) is 0 Å². The molecule has 0 saturated heterocycles. The first-order valence-corrected chi connectivity index (χ1v) is 8.10. The lowest BCUT2D eigenvalue weighted by Crippen LogP contribution is -2.66. The Labute approximate surface area is 115 Å². The van der Waals surface area contributed by atoms with E-state index in [0.717, 1.165) is 5.70 Å². The van der Waals surface area contributed by atoms with E-state index in [0.29, 0.717) is 5.54 Å². The van der Waals surface area contributed by atoms with E-state index in [1.54, 1.807) is 0 Å². The lowest BCUT2D eigenvalue weighted by atomic mass is 9.87. The molecule has 2 saturated carbocycles. The van der Waals surface area contributed by atoms with E-state index in [1.807, 2.05) is 0 Å². The zero-order valence-electron chi connectivity index (χ0n) is 9.70. The first-order chi connectivity index (χ1) is 8.88. The molecule has 2 rings (SSSR count). The highest BCUT2D eigenvalue weighted by Gasteiger charge is 2.79. The van der Waals surface area contributed by atoms with E-state index in [4.69, 9.17) is 11.6 Å². The summed E-state index contributed by atoms with van der Waals surface area (Å²) in [5.41, 5.74) is -2.49. The minimum Gasteiger partial charge on any atom is -0.200 e. The molecule has 0 amide bonds. The molecule has 0 aliphatic heterocycles. The van der Waals surface area contributed by atoms with E-state index in [9.17, 15) is 35.1 Å². The minimum absolute atomic E-state index is 0.677. The van der Waals surface area contributed by atoms with Gasteiger partial charge in [-0.25, -0.2) is 0 Å². The van der Waals surface area contributed by atoms with Crippen molar-refractivity contribution in [1.82, 2.24) is 0 Å². The first-order valence-electron chi connectivity index (χ1n) is 5.66. The average molecular weight is 345 g/mol. The second-order valence-electron chi connectivity index (χ2n) is 5.17. The van der Waals surface area contributed by atoms with Crippen LogP contribution in [0.15, 0.2) is 11.2 Å². The fraction of sp³-hybridized carbons (Fsp3) is 0.800. The summed E-state index contributed by atoms with van der Waals surface area (Å²) in [4.78, 5) is 0. The summed E-state index contributed by atoms with van der Waals surface area (Å²) in [5, 5.41) is 0. The molecule has 0 aromatic carbocycles. The Morgan fingerprint density at radius 2 is 1.15 bits per heavy atom. The topological polar surface area (TPSA) is 0 Å². The molecule has 20 heavy (non-hydrogen) atoms. The second kappa shape index (κ2) is 4.34. The zero-order valence-corrected chi connectivity index (χ0v) is 11.6. The van der Waals surface area contributed by atoms with E-state index in [1.165, 1.54) is 0 Å². The van der Waals surface area contributed by atoms with Crippen LogP contribution < -0.4 is 0 Å². The fourth-order valence-corrected chi connectivity index (χ4v) is 7.11. The van der Waals surface area contributed by atoms with Crippen molar-refractivity contribution in [3.8, 4) is 0 Å². The van der Waals surface area contributed by atoms with Crippen molar-refractivity contribution in [2.24, 2.45) is 0 Å². The van der Waals surface area contributed by atoms with Gasteiger partial charge >= 0.3 is 23.7 Å². The summed E-state index contributed by atoms with van der Waals surface area (Å²) in [7, 11) is -3.44. The van der Waals surface area contributed by atoms with Crippen molar-refractivity contribution < 1.29 is 35.1 Å². The van der Waals surface area contributed by atoms with Gasteiger partial charge in [-0.05, 0) is 5.54 Å². The molecule has 0 radical (unpaired) electrons. The standard InChI is InChI=1S/C10H9ClF8Si/c11-1-2-20(5-3-7(12,13)9(5,16)17)6-4-8(14,15)10(6,18)19/h1-2,5-6,20H,3-4H2. The Hall–Kier alpha value is -0.313. The van der Waals surface area contributed by atoms with Crippen molar-refractivity contribution in [3.63, 3.8) is 0 Å². The van der Waals surface area contributed by atoms with Crippen LogP contribution in [0.25, 0.3) is 0 Å². The number of hydrogen-bond acceptors (Lipinski definition) is 0. The molecule has 0 N–H and O–H groups in total. The van der Waals surface area contributed by atoms with Crippen LogP contribution in [0.1, 0.15) is 12.8 Å². The van der Waals surface area contributed by atoms with Crippen LogP contribution in [0.4, 0.5) is 35.1 Å². The van der Waals surface area contributed by atoms with Gasteiger partial charge in [0, 0.05) is 23.9 Å². The molecule has 2 aliphatic carbocycles. The summed E-state index contributed by atoms with van der Waals surface area (Å²) < 4.78 is 104. The van der Waals surface area contributed by atoms with Crippen LogP contribution in [0.5, 0.6) is 0 Å². The number of alkyl halides is 8. The van der Waals surface area contributed by atoms with Crippen molar-refractivity contribution in [3.05, 3.63) is 11.2 Å². The molecular formula is C10H9ClF8Si. The number of rotatable bonds is 3. The average Bonchev–Trinajstić information content (AvgIpc) is 2.31. The van der Waals surface area contributed by atoms with Crippen molar-refractivity contribution in [2.75, 3.05) is 0 Å². The van der Waals surface area contributed by atoms with Crippen LogP contribution in [0.3, 0.4) is 0 Å².